The minimum atomic E-state index is -0.643. The Hall–Kier alpha value is -3.45. The first kappa shape index (κ1) is 18.9. The first-order chi connectivity index (χ1) is 12.4. The normalized spacial score (nSPS) is 10.2. The van der Waals surface area contributed by atoms with Gasteiger partial charge in [-0.2, -0.15) is 10.5 Å². The lowest BCUT2D eigenvalue weighted by Crippen LogP contribution is -2.16. The molecule has 0 aliphatic rings. The highest BCUT2D eigenvalue weighted by Crippen LogP contribution is 2.35. The number of hydrogen-bond acceptors (Lipinski definition) is 6. The maximum Gasteiger partial charge on any atom is 0.268 e. The summed E-state index contributed by atoms with van der Waals surface area (Å²) in [6.45, 7) is 4.75. The molecule has 0 bridgehead atoms. The molecule has 0 amide bonds. The van der Waals surface area contributed by atoms with E-state index in [9.17, 15) is 15.3 Å². The molecular weight excluding hydrogens is 332 g/mol. The van der Waals surface area contributed by atoms with Crippen LogP contribution in [0.5, 0.6) is 11.5 Å². The van der Waals surface area contributed by atoms with Gasteiger partial charge in [0.25, 0.3) is 5.56 Å². The highest BCUT2D eigenvalue weighted by atomic mass is 16.5. The molecular formula is C19H20N4O3. The Labute approximate surface area is 151 Å². The lowest BCUT2D eigenvalue weighted by molar-refractivity contribution is 0.273. The van der Waals surface area contributed by atoms with Gasteiger partial charge in [0.05, 0.1) is 13.7 Å². The van der Waals surface area contributed by atoms with Gasteiger partial charge in [0.15, 0.2) is 11.5 Å². The van der Waals surface area contributed by atoms with Crippen molar-refractivity contribution < 1.29 is 9.47 Å². The Kier molecular flexibility index (Phi) is 5.87. The molecule has 0 aliphatic carbocycles. The van der Waals surface area contributed by atoms with Crippen LogP contribution in [0.3, 0.4) is 0 Å². The maximum absolute atomic E-state index is 12.0. The molecule has 0 radical (unpaired) electrons. The number of nitriles is 2. The van der Waals surface area contributed by atoms with E-state index in [4.69, 9.17) is 15.2 Å². The Balaban J connectivity index is 2.56. The van der Waals surface area contributed by atoms with E-state index in [1.165, 1.54) is 7.11 Å². The third-order valence-corrected chi connectivity index (χ3v) is 3.87. The number of methoxy groups -OCH3 is 1. The fourth-order valence-electron chi connectivity index (χ4n) is 2.48. The minimum absolute atomic E-state index is 0.0386. The molecule has 0 fully saturated rings. The summed E-state index contributed by atoms with van der Waals surface area (Å²) in [6.07, 6.45) is 0.895. The van der Waals surface area contributed by atoms with Crippen LogP contribution in [0.4, 0.5) is 5.82 Å². The number of benzene rings is 1. The van der Waals surface area contributed by atoms with Crippen LogP contribution in [0.25, 0.3) is 11.1 Å². The van der Waals surface area contributed by atoms with E-state index in [2.05, 4.69) is 18.8 Å². The lowest BCUT2D eigenvalue weighted by atomic mass is 9.96. The highest BCUT2D eigenvalue weighted by molar-refractivity contribution is 5.81. The van der Waals surface area contributed by atoms with Gasteiger partial charge < -0.3 is 20.2 Å². The van der Waals surface area contributed by atoms with Gasteiger partial charge in [-0.15, -0.1) is 0 Å². The van der Waals surface area contributed by atoms with E-state index in [1.807, 2.05) is 12.1 Å². The van der Waals surface area contributed by atoms with Crippen LogP contribution in [0.15, 0.2) is 23.0 Å². The van der Waals surface area contributed by atoms with Crippen molar-refractivity contribution in [3.05, 3.63) is 39.7 Å². The van der Waals surface area contributed by atoms with Crippen LogP contribution in [0.1, 0.15) is 31.4 Å². The molecule has 1 aromatic heterocycles. The van der Waals surface area contributed by atoms with Gasteiger partial charge in [0.1, 0.15) is 29.1 Å². The molecule has 0 spiro atoms. The van der Waals surface area contributed by atoms with Crippen LogP contribution in [-0.4, -0.2) is 18.7 Å². The van der Waals surface area contributed by atoms with Crippen LogP contribution >= 0.6 is 0 Å². The van der Waals surface area contributed by atoms with Crippen molar-refractivity contribution in [2.45, 2.75) is 20.3 Å². The van der Waals surface area contributed by atoms with Gasteiger partial charge in [0.2, 0.25) is 0 Å². The topological polar surface area (TPSA) is 125 Å². The fourth-order valence-corrected chi connectivity index (χ4v) is 2.48. The molecule has 0 saturated heterocycles. The van der Waals surface area contributed by atoms with E-state index in [1.54, 1.807) is 18.2 Å². The van der Waals surface area contributed by atoms with E-state index >= 15 is 0 Å². The standard InChI is InChI=1S/C19H20N4O3/c1-11(2)6-7-26-15-5-4-12(8-16(15)25-3)17-13(9-20)18(22)23-19(24)14(17)10-21/h4-5,8,11H,6-7H2,1-3H3,(H3,22,23,24). The van der Waals surface area contributed by atoms with Gasteiger partial charge in [-0.25, -0.2) is 0 Å². The molecule has 0 unspecified atom stereocenters. The summed E-state index contributed by atoms with van der Waals surface area (Å²) >= 11 is 0. The Morgan fingerprint density at radius 1 is 1.19 bits per heavy atom. The molecule has 0 atom stereocenters. The van der Waals surface area contributed by atoms with Crippen molar-refractivity contribution in [2.24, 2.45) is 5.92 Å². The molecule has 1 aromatic carbocycles. The Morgan fingerprint density at radius 2 is 1.88 bits per heavy atom. The SMILES string of the molecule is COc1cc(-c2c(C#N)c(N)[nH]c(=O)c2C#N)ccc1OCCC(C)C. The molecule has 0 saturated carbocycles. The van der Waals surface area contributed by atoms with Crippen molar-refractivity contribution in [1.82, 2.24) is 4.98 Å². The smallest absolute Gasteiger partial charge is 0.268 e. The van der Waals surface area contributed by atoms with Gasteiger partial charge >= 0.3 is 0 Å². The summed E-state index contributed by atoms with van der Waals surface area (Å²) in [5.41, 5.74) is 5.62. The molecule has 2 aromatic rings. The van der Waals surface area contributed by atoms with E-state index in [0.717, 1.165) is 6.42 Å². The van der Waals surface area contributed by atoms with Crippen molar-refractivity contribution in [2.75, 3.05) is 19.5 Å². The van der Waals surface area contributed by atoms with Crippen molar-refractivity contribution in [1.29, 1.82) is 10.5 Å². The number of anilines is 1. The molecule has 134 valence electrons. The predicted molar refractivity (Wildman–Crippen MR) is 97.8 cm³/mol. The summed E-state index contributed by atoms with van der Waals surface area (Å²) in [5.74, 6) is 1.42. The van der Waals surface area contributed by atoms with Crippen molar-refractivity contribution in [3.63, 3.8) is 0 Å². The van der Waals surface area contributed by atoms with Gasteiger partial charge in [-0.3, -0.25) is 4.79 Å². The number of aromatic nitrogens is 1. The zero-order valence-corrected chi connectivity index (χ0v) is 14.9. The highest BCUT2D eigenvalue weighted by Gasteiger charge is 2.19. The Morgan fingerprint density at radius 3 is 2.46 bits per heavy atom. The second kappa shape index (κ2) is 8.09. The van der Waals surface area contributed by atoms with Gasteiger partial charge in [-0.1, -0.05) is 19.9 Å². The summed E-state index contributed by atoms with van der Waals surface area (Å²) in [6, 6.07) is 8.77. The largest absolute Gasteiger partial charge is 0.493 e. The van der Waals surface area contributed by atoms with Crippen molar-refractivity contribution in [3.8, 4) is 34.8 Å². The molecule has 2 rings (SSSR count). The lowest BCUT2D eigenvalue weighted by Gasteiger charge is -2.14. The zero-order chi connectivity index (χ0) is 19.3. The van der Waals surface area contributed by atoms with Crippen molar-refractivity contribution >= 4 is 5.82 Å². The average Bonchev–Trinajstić information content (AvgIpc) is 2.61. The van der Waals surface area contributed by atoms with Crippen LogP contribution in [-0.2, 0) is 0 Å². The molecule has 26 heavy (non-hydrogen) atoms. The summed E-state index contributed by atoms with van der Waals surface area (Å²) in [4.78, 5) is 14.4. The van der Waals surface area contributed by atoms with E-state index < -0.39 is 5.56 Å². The number of nitrogens with two attached hydrogens (primary N) is 1. The fraction of sp³-hybridized carbons (Fsp3) is 0.316. The number of aromatic amines is 1. The van der Waals surface area contributed by atoms with Crippen LogP contribution in [0.2, 0.25) is 0 Å². The molecule has 3 N–H and O–H groups in total. The number of nitrogens with zero attached hydrogens (tertiary/aromatic N) is 2. The molecule has 0 aliphatic heterocycles. The third kappa shape index (κ3) is 3.79. The van der Waals surface area contributed by atoms with Crippen LogP contribution in [0, 0.1) is 28.6 Å². The molecule has 1 heterocycles. The summed E-state index contributed by atoms with van der Waals surface area (Å²) in [5, 5.41) is 18.7. The quantitative estimate of drug-likeness (QED) is 0.823. The number of rotatable bonds is 6. The number of pyridine rings is 1. The third-order valence-electron chi connectivity index (χ3n) is 3.87. The Bertz CT molecular complexity index is 949. The predicted octanol–water partition coefficient (Wildman–Crippen LogP) is 2.80. The van der Waals surface area contributed by atoms with Gasteiger partial charge in [0, 0.05) is 5.56 Å². The summed E-state index contributed by atoms with van der Waals surface area (Å²) in [7, 11) is 1.50. The summed E-state index contributed by atoms with van der Waals surface area (Å²) < 4.78 is 11.1. The first-order valence-electron chi connectivity index (χ1n) is 8.10. The molecule has 7 nitrogen and oxygen atoms in total. The second-order valence-corrected chi connectivity index (χ2v) is 6.11. The average molecular weight is 352 g/mol. The maximum atomic E-state index is 12.0. The first-order valence-corrected chi connectivity index (χ1v) is 8.10. The second-order valence-electron chi connectivity index (χ2n) is 6.11. The molecule has 7 heteroatoms. The number of nitrogen functional groups attached to an aromatic ring is 1. The minimum Gasteiger partial charge on any atom is -0.493 e. The van der Waals surface area contributed by atoms with Crippen LogP contribution < -0.4 is 20.8 Å². The number of hydrogen-bond donors (Lipinski definition) is 2. The number of H-pyrrole nitrogens is 1. The van der Waals surface area contributed by atoms with Gasteiger partial charge in [-0.05, 0) is 30.0 Å². The monoisotopic (exact) mass is 352 g/mol. The van der Waals surface area contributed by atoms with E-state index in [-0.39, 0.29) is 22.5 Å². The number of ether oxygens (including phenoxy) is 2. The number of nitrogens with one attached hydrogen (secondary N) is 1. The zero-order valence-electron chi connectivity index (χ0n) is 14.9. The van der Waals surface area contributed by atoms with E-state index in [0.29, 0.717) is 29.6 Å².